The molecule has 0 radical (unpaired) electrons. The third-order valence-electron chi connectivity index (χ3n) is 2.62. The zero-order valence-corrected chi connectivity index (χ0v) is 9.38. The van der Waals surface area contributed by atoms with Crippen LogP contribution in [0, 0.1) is 0 Å². The molecule has 0 unspecified atom stereocenters. The Labute approximate surface area is 89.9 Å². The predicted octanol–water partition coefficient (Wildman–Crippen LogP) is 1.36. The van der Waals surface area contributed by atoms with Gasteiger partial charge in [-0.3, -0.25) is 0 Å². The van der Waals surface area contributed by atoms with Gasteiger partial charge in [0.25, 0.3) is 5.82 Å². The van der Waals surface area contributed by atoms with E-state index in [-0.39, 0.29) is 0 Å². The van der Waals surface area contributed by atoms with Crippen LogP contribution in [0.15, 0.2) is 30.7 Å². The van der Waals surface area contributed by atoms with E-state index in [9.17, 15) is 0 Å². The van der Waals surface area contributed by atoms with Crippen LogP contribution in [0.3, 0.4) is 0 Å². The third kappa shape index (κ3) is 1.86. The molecule has 2 rings (SSSR count). The van der Waals surface area contributed by atoms with E-state index in [1.807, 2.05) is 45.8 Å². The van der Waals surface area contributed by atoms with E-state index in [4.69, 9.17) is 0 Å². The molecule has 3 nitrogen and oxygen atoms in total. The minimum absolute atomic E-state index is 1.18. The Kier molecular flexibility index (Phi) is 2.46. The molecule has 0 N–H and O–H groups in total. The Hall–Kier alpha value is -1.77. The van der Waals surface area contributed by atoms with Crippen LogP contribution in [0.1, 0.15) is 11.5 Å². The van der Waals surface area contributed by atoms with Gasteiger partial charge in [0.05, 0.1) is 14.1 Å². The lowest BCUT2D eigenvalue weighted by atomic mass is 10.3. The second-order valence-electron chi connectivity index (χ2n) is 3.76. The fraction of sp³-hybridized carbons (Fsp3) is 0.250. The van der Waals surface area contributed by atoms with Crippen molar-refractivity contribution in [3.05, 3.63) is 42.2 Å². The Morgan fingerprint density at radius 2 is 1.93 bits per heavy atom. The summed E-state index contributed by atoms with van der Waals surface area (Å²) in [5.74, 6) is 1.18. The maximum Gasteiger partial charge on any atom is 0.281 e. The van der Waals surface area contributed by atoms with Crippen LogP contribution in [0.25, 0.3) is 12.2 Å². The van der Waals surface area contributed by atoms with E-state index < -0.39 is 0 Å². The Bertz CT molecular complexity index is 469. The highest BCUT2D eigenvalue weighted by Crippen LogP contribution is 2.05. The topological polar surface area (TPSA) is 13.7 Å². The monoisotopic (exact) mass is 202 g/mol. The number of rotatable bonds is 2. The molecule has 78 valence electrons. The molecule has 0 fully saturated rings. The second kappa shape index (κ2) is 3.77. The lowest BCUT2D eigenvalue weighted by molar-refractivity contribution is -0.672. The quantitative estimate of drug-likeness (QED) is 0.653. The molecule has 0 aliphatic heterocycles. The van der Waals surface area contributed by atoms with Crippen molar-refractivity contribution in [3.8, 4) is 0 Å². The van der Waals surface area contributed by atoms with Gasteiger partial charge in [0.2, 0.25) is 0 Å². The van der Waals surface area contributed by atoms with E-state index in [1.54, 1.807) is 0 Å². The molecular weight excluding hydrogens is 186 g/mol. The lowest BCUT2D eigenvalue weighted by Crippen LogP contribution is -2.29. The normalized spacial score (nSPS) is 11.4. The van der Waals surface area contributed by atoms with Gasteiger partial charge < -0.3 is 4.57 Å². The van der Waals surface area contributed by atoms with Crippen molar-refractivity contribution in [3.63, 3.8) is 0 Å². The summed E-state index contributed by atoms with van der Waals surface area (Å²) in [4.78, 5) is 0. The van der Waals surface area contributed by atoms with Crippen molar-refractivity contribution in [2.24, 2.45) is 21.1 Å². The SMILES string of the molecule is Cn1cccc1C=Cc1n(C)cc[n+]1C. The summed E-state index contributed by atoms with van der Waals surface area (Å²) in [6.45, 7) is 0. The molecule has 0 amide bonds. The Balaban J connectivity index is 2.30. The van der Waals surface area contributed by atoms with Crippen molar-refractivity contribution in [2.75, 3.05) is 0 Å². The number of aromatic nitrogens is 3. The van der Waals surface area contributed by atoms with Gasteiger partial charge in [-0.1, -0.05) is 0 Å². The van der Waals surface area contributed by atoms with E-state index in [0.29, 0.717) is 0 Å². The third-order valence-corrected chi connectivity index (χ3v) is 2.62. The Morgan fingerprint density at radius 1 is 1.13 bits per heavy atom. The van der Waals surface area contributed by atoms with Gasteiger partial charge >= 0.3 is 0 Å². The first kappa shape index (κ1) is 9.77. The first-order valence-electron chi connectivity index (χ1n) is 4.99. The fourth-order valence-electron chi connectivity index (χ4n) is 1.64. The number of nitrogens with zero attached hydrogens (tertiary/aromatic N) is 3. The molecular formula is C12H16N3+. The molecule has 0 aliphatic carbocycles. The number of hydrogen-bond acceptors (Lipinski definition) is 0. The molecule has 2 heterocycles. The second-order valence-corrected chi connectivity index (χ2v) is 3.76. The molecule has 0 spiro atoms. The summed E-state index contributed by atoms with van der Waals surface area (Å²) in [6.07, 6.45) is 10.4. The number of aryl methyl sites for hydroxylation is 3. The van der Waals surface area contributed by atoms with Crippen LogP contribution < -0.4 is 4.57 Å². The van der Waals surface area contributed by atoms with E-state index >= 15 is 0 Å². The number of imidazole rings is 1. The van der Waals surface area contributed by atoms with E-state index in [2.05, 4.69) is 31.9 Å². The Morgan fingerprint density at radius 3 is 2.47 bits per heavy atom. The maximum atomic E-state index is 2.12. The molecule has 0 atom stereocenters. The van der Waals surface area contributed by atoms with Crippen molar-refractivity contribution in [1.29, 1.82) is 0 Å². The van der Waals surface area contributed by atoms with Crippen LogP contribution in [0.4, 0.5) is 0 Å². The van der Waals surface area contributed by atoms with Crippen molar-refractivity contribution < 1.29 is 4.57 Å². The summed E-state index contributed by atoms with van der Waals surface area (Å²) >= 11 is 0. The molecule has 0 saturated carbocycles. The van der Waals surface area contributed by atoms with Gasteiger partial charge in [-0.05, 0) is 18.2 Å². The zero-order chi connectivity index (χ0) is 10.8. The van der Waals surface area contributed by atoms with Gasteiger partial charge in [0.15, 0.2) is 0 Å². The van der Waals surface area contributed by atoms with E-state index in [1.165, 1.54) is 11.5 Å². The fourth-order valence-corrected chi connectivity index (χ4v) is 1.64. The van der Waals surface area contributed by atoms with Gasteiger partial charge in [-0.15, -0.1) is 0 Å². The lowest BCUT2D eigenvalue weighted by Gasteiger charge is -1.95. The molecule has 0 aliphatic rings. The van der Waals surface area contributed by atoms with Crippen LogP contribution >= 0.6 is 0 Å². The van der Waals surface area contributed by atoms with Crippen LogP contribution in [0.5, 0.6) is 0 Å². The highest BCUT2D eigenvalue weighted by atomic mass is 15.1. The zero-order valence-electron chi connectivity index (χ0n) is 9.38. The average molecular weight is 202 g/mol. The molecule has 2 aromatic heterocycles. The molecule has 15 heavy (non-hydrogen) atoms. The summed E-state index contributed by atoms with van der Waals surface area (Å²) in [7, 11) is 6.14. The average Bonchev–Trinajstić information content (AvgIpc) is 2.73. The molecule has 0 aromatic carbocycles. The van der Waals surface area contributed by atoms with Gasteiger partial charge in [0, 0.05) is 25.0 Å². The van der Waals surface area contributed by atoms with Crippen molar-refractivity contribution in [1.82, 2.24) is 9.13 Å². The largest absolute Gasteiger partial charge is 0.351 e. The van der Waals surface area contributed by atoms with Crippen molar-refractivity contribution >= 4 is 12.2 Å². The molecule has 0 saturated heterocycles. The first-order chi connectivity index (χ1) is 7.18. The smallest absolute Gasteiger partial charge is 0.281 e. The predicted molar refractivity (Wildman–Crippen MR) is 60.9 cm³/mol. The minimum atomic E-state index is 1.18. The molecule has 0 bridgehead atoms. The maximum absolute atomic E-state index is 2.12. The van der Waals surface area contributed by atoms with Gasteiger partial charge in [-0.2, -0.15) is 0 Å². The van der Waals surface area contributed by atoms with Gasteiger partial charge in [-0.25, -0.2) is 9.13 Å². The highest BCUT2D eigenvalue weighted by Gasteiger charge is 2.06. The number of hydrogen-bond donors (Lipinski definition) is 0. The summed E-state index contributed by atoms with van der Waals surface area (Å²) in [5, 5.41) is 0. The van der Waals surface area contributed by atoms with Crippen molar-refractivity contribution in [2.45, 2.75) is 0 Å². The summed E-state index contributed by atoms with van der Waals surface area (Å²) < 4.78 is 6.29. The van der Waals surface area contributed by atoms with Crippen LogP contribution in [-0.4, -0.2) is 9.13 Å². The highest BCUT2D eigenvalue weighted by molar-refractivity contribution is 5.64. The minimum Gasteiger partial charge on any atom is -0.351 e. The molecule has 2 aromatic rings. The summed E-state index contributed by atoms with van der Waals surface area (Å²) in [6, 6.07) is 4.14. The first-order valence-corrected chi connectivity index (χ1v) is 4.99. The van der Waals surface area contributed by atoms with Gasteiger partial charge in [0.1, 0.15) is 12.4 Å². The standard InChI is InChI=1S/C12H16N3/c1-13-8-4-5-11(13)6-7-12-14(2)9-10-15(12)3/h4-10H,1-3H3/q+1. The van der Waals surface area contributed by atoms with Crippen LogP contribution in [-0.2, 0) is 21.1 Å². The van der Waals surface area contributed by atoms with E-state index in [0.717, 1.165) is 0 Å². The summed E-state index contributed by atoms with van der Waals surface area (Å²) in [5.41, 5.74) is 1.20. The molecule has 3 heteroatoms. The van der Waals surface area contributed by atoms with Crippen LogP contribution in [0.2, 0.25) is 0 Å².